The highest BCUT2D eigenvalue weighted by atomic mass is 32.2. The predicted octanol–water partition coefficient (Wildman–Crippen LogP) is 8.08. The number of nitrogens with two attached hydrogens (primary N) is 1. The molecule has 60 heavy (non-hydrogen) atoms. The van der Waals surface area contributed by atoms with Gasteiger partial charge in [-0.05, 0) is 108 Å². The second-order valence-corrected chi connectivity index (χ2v) is 18.0. The van der Waals surface area contributed by atoms with Crippen molar-refractivity contribution in [2.75, 3.05) is 20.2 Å². The number of primary amides is 1. The Kier molecular flexibility index (Phi) is 19.6. The van der Waals surface area contributed by atoms with E-state index in [2.05, 4.69) is 35.7 Å². The Morgan fingerprint density at radius 3 is 2.33 bits per heavy atom. The molecule has 0 spiro atoms. The number of amides is 4. The maximum absolute atomic E-state index is 13.3. The maximum atomic E-state index is 13.3. The second-order valence-electron chi connectivity index (χ2n) is 15.8. The number of alkyl halides is 3. The number of fused-ring (bicyclic) bond motifs is 1. The first kappa shape index (κ1) is 51.5. The van der Waals surface area contributed by atoms with Crippen LogP contribution in [0, 0.1) is 11.8 Å². The van der Waals surface area contributed by atoms with Crippen molar-refractivity contribution < 1.29 is 59.3 Å². The smallest absolute Gasteiger partial charge is 0.427 e. The topological polar surface area (TPSA) is 196 Å². The number of likely N-dealkylation sites (tertiary alicyclic amines) is 1. The van der Waals surface area contributed by atoms with Crippen molar-refractivity contribution in [3.8, 4) is 11.6 Å². The van der Waals surface area contributed by atoms with Crippen molar-refractivity contribution in [3.63, 3.8) is 0 Å². The summed E-state index contributed by atoms with van der Waals surface area (Å²) in [6, 6.07) is 7.02. The van der Waals surface area contributed by atoms with Gasteiger partial charge in [-0.2, -0.15) is 13.2 Å². The van der Waals surface area contributed by atoms with Gasteiger partial charge in [0.15, 0.2) is 0 Å². The molecule has 4 atom stereocenters. The lowest BCUT2D eigenvalue weighted by Gasteiger charge is -2.27. The molecule has 1 aliphatic heterocycles. The largest absolute Gasteiger partial charge is 0.494 e. The van der Waals surface area contributed by atoms with Crippen LogP contribution >= 0.6 is 0 Å². The van der Waals surface area contributed by atoms with Crippen molar-refractivity contribution in [2.45, 2.75) is 142 Å². The van der Waals surface area contributed by atoms with Crippen LogP contribution in [0.5, 0.6) is 11.6 Å². The number of hydrogen-bond acceptors (Lipinski definition) is 10. The highest BCUT2D eigenvalue weighted by Gasteiger charge is 2.51. The molecular weight excluding hydrogens is 808 g/mol. The summed E-state index contributed by atoms with van der Waals surface area (Å²) in [6.07, 6.45) is 6.36. The van der Waals surface area contributed by atoms with Crippen molar-refractivity contribution in [2.24, 2.45) is 17.6 Å². The predicted molar refractivity (Wildman–Crippen MR) is 230 cm³/mol. The number of allylic oxidation sites excluding steroid dienone is 2. The summed E-state index contributed by atoms with van der Waals surface area (Å²) in [5, 5.41) is 3.75. The summed E-state index contributed by atoms with van der Waals surface area (Å²) in [5.74, 6) is 1.16. The van der Waals surface area contributed by atoms with Crippen molar-refractivity contribution in [3.05, 3.63) is 42.6 Å². The lowest BCUT2D eigenvalue weighted by Crippen LogP contribution is -2.45. The molecule has 344 valence electrons. The van der Waals surface area contributed by atoms with E-state index < -0.39 is 50.5 Å². The van der Waals surface area contributed by atoms with E-state index in [1.807, 2.05) is 48.2 Å². The molecular formula is C42H70F3N5O9S. The van der Waals surface area contributed by atoms with Crippen molar-refractivity contribution >= 4 is 44.6 Å². The van der Waals surface area contributed by atoms with Crippen LogP contribution < -0.4 is 25.2 Å². The number of hydrogen-bond donors (Lipinski definition) is 3. The van der Waals surface area contributed by atoms with Crippen LogP contribution in [0.2, 0.25) is 0 Å². The summed E-state index contributed by atoms with van der Waals surface area (Å²) in [6.45, 7) is 14.1. The van der Waals surface area contributed by atoms with E-state index in [-0.39, 0.29) is 28.6 Å². The van der Waals surface area contributed by atoms with Crippen LogP contribution in [0.4, 0.5) is 18.0 Å². The Labute approximate surface area is 357 Å². The number of nitrogens with one attached hydrogen (secondary N) is 2. The number of ether oxygens (including phenoxy) is 3. The number of rotatable bonds is 17. The van der Waals surface area contributed by atoms with Crippen LogP contribution in [-0.4, -0.2) is 91.0 Å². The van der Waals surface area contributed by atoms with Gasteiger partial charge in [0, 0.05) is 42.2 Å². The van der Waals surface area contributed by atoms with Crippen LogP contribution in [0.3, 0.4) is 0 Å². The molecule has 4 N–H and O–H groups in total. The zero-order valence-corrected chi connectivity index (χ0v) is 37.1. The Bertz CT molecular complexity index is 1900. The van der Waals surface area contributed by atoms with Gasteiger partial charge in [0.1, 0.15) is 17.9 Å². The second kappa shape index (κ2) is 22.8. The third kappa shape index (κ3) is 15.4. The lowest BCUT2D eigenvalue weighted by molar-refractivity contribution is -0.243. The molecule has 1 saturated carbocycles. The number of pyridine rings is 1. The molecule has 18 heteroatoms. The molecule has 1 saturated heterocycles. The van der Waals surface area contributed by atoms with E-state index in [0.717, 1.165) is 56.1 Å². The van der Waals surface area contributed by atoms with E-state index in [9.17, 15) is 40.8 Å². The van der Waals surface area contributed by atoms with Crippen LogP contribution in [0.25, 0.3) is 10.8 Å². The first-order chi connectivity index (χ1) is 28.0. The van der Waals surface area contributed by atoms with E-state index in [1.165, 1.54) is 7.05 Å². The summed E-state index contributed by atoms with van der Waals surface area (Å²) in [7, 11) is -2.21. The molecule has 1 aromatic carbocycles. The first-order valence-corrected chi connectivity index (χ1v) is 21.9. The van der Waals surface area contributed by atoms with Gasteiger partial charge < -0.3 is 30.2 Å². The number of halogens is 3. The fraction of sp³-hybridized carbons (Fsp3) is 0.643. The lowest BCUT2D eigenvalue weighted by atomic mass is 9.88. The highest BCUT2D eigenvalue weighted by molar-refractivity contribution is 7.91. The number of alkyl carbamates (subject to hydrolysis) is 1. The van der Waals surface area contributed by atoms with Gasteiger partial charge in [0.2, 0.25) is 39.2 Å². The van der Waals surface area contributed by atoms with Gasteiger partial charge in [-0.3, -0.25) is 19.1 Å². The Balaban J connectivity index is 0. The van der Waals surface area contributed by atoms with Gasteiger partial charge in [-0.25, -0.2) is 18.2 Å². The molecule has 4 rings (SSSR count). The average Bonchev–Trinajstić information content (AvgIpc) is 3.80. The summed E-state index contributed by atoms with van der Waals surface area (Å²) >= 11 is 0. The van der Waals surface area contributed by atoms with Crippen molar-refractivity contribution in [1.29, 1.82) is 0 Å². The number of benzene rings is 1. The third-order valence-electron chi connectivity index (χ3n) is 10.4. The van der Waals surface area contributed by atoms with Gasteiger partial charge in [-0.1, -0.05) is 39.3 Å². The molecule has 4 amide bonds. The minimum Gasteiger partial charge on any atom is -0.494 e. The van der Waals surface area contributed by atoms with Gasteiger partial charge >= 0.3 is 12.3 Å². The number of aromatic nitrogens is 1. The quantitative estimate of drug-likeness (QED) is 0.131. The van der Waals surface area contributed by atoms with Gasteiger partial charge in [0.05, 0.1) is 17.9 Å². The number of carbonyl (C=O) groups excluding carboxylic acids is 4. The van der Waals surface area contributed by atoms with E-state index in [0.29, 0.717) is 50.6 Å². The molecule has 0 radical (unpaired) electrons. The van der Waals surface area contributed by atoms with Crippen LogP contribution in [0.15, 0.2) is 42.6 Å². The molecule has 0 bridgehead atoms. The molecule has 2 heterocycles. The zero-order chi connectivity index (χ0) is 45.5. The van der Waals surface area contributed by atoms with Crippen molar-refractivity contribution in [1.82, 2.24) is 19.9 Å². The summed E-state index contributed by atoms with van der Waals surface area (Å²) < 4.78 is 76.1. The molecule has 1 aromatic heterocycles. The highest BCUT2D eigenvalue weighted by Crippen LogP contribution is 2.42. The Morgan fingerprint density at radius 1 is 1.13 bits per heavy atom. The summed E-state index contributed by atoms with van der Waals surface area (Å²) in [4.78, 5) is 52.8. The molecule has 2 fully saturated rings. The number of nitrogens with zero attached hydrogens (tertiary/aromatic N) is 2. The fourth-order valence-corrected chi connectivity index (χ4v) is 7.52. The zero-order valence-electron chi connectivity index (χ0n) is 36.3. The fourth-order valence-electron chi connectivity index (χ4n) is 6.19. The first-order valence-electron chi connectivity index (χ1n) is 20.4. The molecule has 1 aliphatic carbocycles. The molecule has 2 aliphatic rings. The van der Waals surface area contributed by atoms with Gasteiger partial charge in [-0.15, -0.1) is 0 Å². The van der Waals surface area contributed by atoms with Crippen LogP contribution in [-0.2, 0) is 29.1 Å². The van der Waals surface area contributed by atoms with E-state index in [4.69, 9.17) is 15.2 Å². The molecule has 0 unspecified atom stereocenters. The molecule has 2 aromatic rings. The average molecular weight is 878 g/mol. The van der Waals surface area contributed by atoms with Crippen LogP contribution in [0.1, 0.15) is 117 Å². The number of sulfonamides is 1. The minimum absolute atomic E-state index is 0. The third-order valence-corrected chi connectivity index (χ3v) is 12.6. The number of carbonyl (C=O) groups is 4. The standard InChI is InChI=1S/C29H41N3O4.C7H13NO3S.C6H10F3NO2.3H2/c1-5-8-9-10-20(4)15-21(6-2)16-27(33)32-19-24(18-26(32)28(30)34)36-29-25-12-11-23(35-7-3)17-22(25)13-14-31-29;1-3-6(9)8-12(10,11)7(2)4-5-7;1-5(2,6(7,8)9)12-4(11)10-3;;;/h5,8,11-14,17,20-21,24,26H,6-7,9-10,15-16,18-19H2,1-4H3,(H2,30,34);3-5H2,1-2H3,(H,8,9);1-3H3,(H,10,11);3*1H/b8-5-;;;;;/t20-,21+,24+,26-;;;;;/m0...../s1. The molecule has 14 nitrogen and oxygen atoms in total. The van der Waals surface area contributed by atoms with Gasteiger partial charge in [0.25, 0.3) is 0 Å². The Hall–Kier alpha value is -4.61. The minimum atomic E-state index is -4.56. The monoisotopic (exact) mass is 877 g/mol. The summed E-state index contributed by atoms with van der Waals surface area (Å²) in [5.41, 5.74) is 3.25. The SMILES string of the molecule is C/C=C\CC[C@H](C)C[C@@H](CC)CC(=O)N1C[C@H](Oc2nccc3cc(OCC)ccc23)C[C@H]1C(N)=O.CCC(=O)NS(=O)(=O)C1(C)CC1.CNC(=O)OC(C)(C)C(F)(F)F.[HH].[HH].[HH]. The normalized spacial score (nSPS) is 18.2. The van der Waals surface area contributed by atoms with E-state index >= 15 is 0 Å². The maximum Gasteiger partial charge on any atom is 0.427 e. The Morgan fingerprint density at radius 2 is 1.80 bits per heavy atom. The van der Waals surface area contributed by atoms with E-state index in [1.54, 1.807) is 24.9 Å².